The van der Waals surface area contributed by atoms with Gasteiger partial charge in [-0.25, -0.2) is 26.3 Å². The highest BCUT2D eigenvalue weighted by molar-refractivity contribution is 9.10. The lowest BCUT2D eigenvalue weighted by atomic mass is 10.2. The van der Waals surface area contributed by atoms with Gasteiger partial charge in [0.15, 0.2) is 17.5 Å². The lowest BCUT2D eigenvalue weighted by molar-refractivity contribution is 0.445. The Bertz CT molecular complexity index is 740. The quantitative estimate of drug-likeness (QED) is 0.828. The van der Waals surface area contributed by atoms with E-state index >= 15 is 0 Å². The lowest BCUT2D eigenvalue weighted by Crippen LogP contribution is -2.23. The molecule has 0 aliphatic rings. The highest BCUT2D eigenvalue weighted by Crippen LogP contribution is 2.16. The van der Waals surface area contributed by atoms with Crippen LogP contribution < -0.4 is 4.72 Å². The summed E-state index contributed by atoms with van der Waals surface area (Å²) < 4.78 is 65.7. The van der Waals surface area contributed by atoms with E-state index in [4.69, 9.17) is 0 Å². The number of hydrogen-bond acceptors (Lipinski definition) is 2. The van der Waals surface area contributed by atoms with Crippen LogP contribution in [-0.4, -0.2) is 8.42 Å². The molecule has 0 saturated carbocycles. The maximum absolute atomic E-state index is 13.0. The lowest BCUT2D eigenvalue weighted by Gasteiger charge is -2.08. The molecule has 2 aromatic rings. The van der Waals surface area contributed by atoms with Crippen molar-refractivity contribution in [3.05, 3.63) is 63.9 Å². The number of hydrogen-bond donors (Lipinski definition) is 1. The molecule has 0 aliphatic carbocycles. The summed E-state index contributed by atoms with van der Waals surface area (Å²) in [7, 11) is -3.82. The van der Waals surface area contributed by atoms with Crippen molar-refractivity contribution in [1.82, 2.24) is 4.72 Å². The first-order chi connectivity index (χ1) is 9.79. The van der Waals surface area contributed by atoms with Crippen molar-refractivity contribution in [2.75, 3.05) is 0 Å². The molecule has 2 rings (SSSR count). The van der Waals surface area contributed by atoms with Crippen molar-refractivity contribution in [2.24, 2.45) is 0 Å². The number of halogens is 4. The van der Waals surface area contributed by atoms with Crippen LogP contribution in [0.4, 0.5) is 13.2 Å². The van der Waals surface area contributed by atoms with E-state index in [-0.39, 0.29) is 17.0 Å². The molecule has 0 bridgehead atoms. The van der Waals surface area contributed by atoms with E-state index in [0.29, 0.717) is 4.47 Å². The van der Waals surface area contributed by atoms with Crippen LogP contribution in [-0.2, 0) is 16.6 Å². The Balaban J connectivity index is 2.17. The fourth-order valence-corrected chi connectivity index (χ4v) is 2.87. The van der Waals surface area contributed by atoms with Crippen molar-refractivity contribution >= 4 is 26.0 Å². The number of sulfonamides is 1. The number of benzene rings is 2. The van der Waals surface area contributed by atoms with Crippen LogP contribution in [0, 0.1) is 17.5 Å². The molecular formula is C13H9BrF3NO2S. The van der Waals surface area contributed by atoms with Crippen LogP contribution in [0.3, 0.4) is 0 Å². The molecule has 0 spiro atoms. The molecule has 2 aromatic carbocycles. The smallest absolute Gasteiger partial charge is 0.207 e. The Kier molecular flexibility index (Phi) is 4.70. The van der Waals surface area contributed by atoms with Gasteiger partial charge in [0.05, 0.1) is 4.90 Å². The van der Waals surface area contributed by atoms with Crippen molar-refractivity contribution < 1.29 is 21.6 Å². The highest BCUT2D eigenvalue weighted by Gasteiger charge is 2.15. The second-order valence-corrected chi connectivity index (χ2v) is 6.83. The minimum absolute atomic E-state index is 0.00811. The van der Waals surface area contributed by atoms with Gasteiger partial charge in [-0.05, 0) is 42.0 Å². The van der Waals surface area contributed by atoms with Crippen LogP contribution in [0.1, 0.15) is 5.56 Å². The Morgan fingerprint density at radius 3 is 2.05 bits per heavy atom. The standard InChI is InChI=1S/C13H9BrF3NO2S/c14-9-1-3-10(4-2-9)21(19,20)18-7-8-5-11(15)13(17)12(16)6-8/h1-6,18H,7H2. The third-order valence-corrected chi connectivity index (χ3v) is 4.58. The first-order valence-electron chi connectivity index (χ1n) is 5.68. The van der Waals surface area contributed by atoms with Gasteiger partial charge in [-0.2, -0.15) is 0 Å². The van der Waals surface area contributed by atoms with Gasteiger partial charge in [0.2, 0.25) is 10.0 Å². The van der Waals surface area contributed by atoms with Crippen LogP contribution in [0.2, 0.25) is 0 Å². The van der Waals surface area contributed by atoms with Gasteiger partial charge in [-0.3, -0.25) is 0 Å². The third-order valence-electron chi connectivity index (χ3n) is 2.63. The molecule has 0 saturated heterocycles. The molecule has 3 nitrogen and oxygen atoms in total. The average Bonchev–Trinajstić information content (AvgIpc) is 2.43. The third kappa shape index (κ3) is 3.84. The van der Waals surface area contributed by atoms with E-state index in [1.165, 1.54) is 12.1 Å². The predicted octanol–water partition coefficient (Wildman–Crippen LogP) is 3.34. The Hall–Kier alpha value is -1.38. The second-order valence-electron chi connectivity index (χ2n) is 4.15. The van der Waals surface area contributed by atoms with Gasteiger partial charge in [-0.1, -0.05) is 15.9 Å². The van der Waals surface area contributed by atoms with Gasteiger partial charge in [-0.15, -0.1) is 0 Å². The average molecular weight is 380 g/mol. The Morgan fingerprint density at radius 1 is 1.00 bits per heavy atom. The highest BCUT2D eigenvalue weighted by atomic mass is 79.9. The maximum atomic E-state index is 13.0. The molecule has 0 amide bonds. The molecule has 0 heterocycles. The summed E-state index contributed by atoms with van der Waals surface area (Å²) in [6.45, 7) is -0.355. The molecule has 8 heteroatoms. The van der Waals surface area contributed by atoms with E-state index in [0.717, 1.165) is 12.1 Å². The summed E-state index contributed by atoms with van der Waals surface area (Å²) in [6, 6.07) is 7.32. The van der Waals surface area contributed by atoms with Gasteiger partial charge in [0.1, 0.15) is 0 Å². The fourth-order valence-electron chi connectivity index (χ4n) is 1.59. The molecular weight excluding hydrogens is 371 g/mol. The van der Waals surface area contributed by atoms with E-state index in [9.17, 15) is 21.6 Å². The normalized spacial score (nSPS) is 11.6. The first kappa shape index (κ1) is 16.0. The van der Waals surface area contributed by atoms with Crippen molar-refractivity contribution in [3.63, 3.8) is 0 Å². The van der Waals surface area contributed by atoms with E-state index < -0.39 is 27.5 Å². The fraction of sp³-hybridized carbons (Fsp3) is 0.0769. The van der Waals surface area contributed by atoms with Crippen molar-refractivity contribution in [3.8, 4) is 0 Å². The minimum Gasteiger partial charge on any atom is -0.207 e. The van der Waals surface area contributed by atoms with Crippen LogP contribution in [0.15, 0.2) is 45.8 Å². The largest absolute Gasteiger partial charge is 0.240 e. The second kappa shape index (κ2) is 6.17. The van der Waals surface area contributed by atoms with E-state index in [2.05, 4.69) is 20.7 Å². The molecule has 21 heavy (non-hydrogen) atoms. The van der Waals surface area contributed by atoms with Crippen LogP contribution in [0.5, 0.6) is 0 Å². The number of rotatable bonds is 4. The van der Waals surface area contributed by atoms with E-state index in [1.807, 2.05) is 0 Å². The molecule has 0 fully saturated rings. The van der Waals surface area contributed by atoms with E-state index in [1.54, 1.807) is 12.1 Å². The Labute approximate surface area is 128 Å². The summed E-state index contributed by atoms with van der Waals surface area (Å²) in [5.74, 6) is -4.32. The summed E-state index contributed by atoms with van der Waals surface area (Å²) in [6.07, 6.45) is 0. The summed E-state index contributed by atoms with van der Waals surface area (Å²) in [4.78, 5) is 0.00811. The summed E-state index contributed by atoms with van der Waals surface area (Å²) in [5.41, 5.74) is -0.0212. The van der Waals surface area contributed by atoms with Crippen molar-refractivity contribution in [2.45, 2.75) is 11.4 Å². The molecule has 0 atom stereocenters. The van der Waals surface area contributed by atoms with Gasteiger partial charge in [0.25, 0.3) is 0 Å². The zero-order valence-electron chi connectivity index (χ0n) is 10.4. The summed E-state index contributed by atoms with van der Waals surface area (Å²) in [5, 5.41) is 0. The molecule has 0 unspecified atom stereocenters. The molecule has 0 radical (unpaired) electrons. The predicted molar refractivity (Wildman–Crippen MR) is 74.5 cm³/mol. The Morgan fingerprint density at radius 2 is 1.52 bits per heavy atom. The zero-order chi connectivity index (χ0) is 15.6. The molecule has 0 aromatic heterocycles. The first-order valence-corrected chi connectivity index (χ1v) is 7.96. The molecule has 0 aliphatic heterocycles. The van der Waals surface area contributed by atoms with Crippen LogP contribution in [0.25, 0.3) is 0 Å². The SMILES string of the molecule is O=S(=O)(NCc1cc(F)c(F)c(F)c1)c1ccc(Br)cc1. The number of nitrogens with one attached hydrogen (secondary N) is 1. The zero-order valence-corrected chi connectivity index (χ0v) is 12.8. The van der Waals surface area contributed by atoms with Gasteiger partial charge >= 0.3 is 0 Å². The van der Waals surface area contributed by atoms with Crippen LogP contribution >= 0.6 is 15.9 Å². The van der Waals surface area contributed by atoms with Crippen molar-refractivity contribution in [1.29, 1.82) is 0 Å². The van der Waals surface area contributed by atoms with Gasteiger partial charge < -0.3 is 0 Å². The molecule has 1 N–H and O–H groups in total. The van der Waals surface area contributed by atoms with Gasteiger partial charge in [0, 0.05) is 11.0 Å². The minimum atomic E-state index is -3.82. The maximum Gasteiger partial charge on any atom is 0.240 e. The molecule has 112 valence electrons. The topological polar surface area (TPSA) is 46.2 Å². The summed E-state index contributed by atoms with van der Waals surface area (Å²) >= 11 is 3.18. The monoisotopic (exact) mass is 379 g/mol.